The third kappa shape index (κ3) is 5.24. The minimum atomic E-state index is -0.420. The van der Waals surface area contributed by atoms with Crippen molar-refractivity contribution in [2.75, 3.05) is 4.81 Å². The van der Waals surface area contributed by atoms with Gasteiger partial charge in [-0.1, -0.05) is 194 Å². The minimum Gasteiger partial charge on any atom is -0.382 e. The van der Waals surface area contributed by atoms with Crippen molar-refractivity contribution < 1.29 is 0 Å². The van der Waals surface area contributed by atoms with Gasteiger partial charge in [0.1, 0.15) is 0 Å². The lowest BCUT2D eigenvalue weighted by Crippen LogP contribution is -2.50. The highest BCUT2D eigenvalue weighted by atomic mass is 15.1. The van der Waals surface area contributed by atoms with Crippen LogP contribution in [0.1, 0.15) is 22.3 Å². The van der Waals surface area contributed by atoms with E-state index in [1.807, 2.05) is 6.07 Å². The molecular formula is C60H37BN4. The standard InChI is InChI=1S/C60H37BN4/c1-2-15-38(16-3-1)41-19-14-20-42(33-41)57-62-58(43-30-29-39-17-4-5-18-40(39)34-43)64-59(63-57)44-31-32-55-49(35-44)48-24-9-13-28-56(48)65-37-50-47-23-8-12-27-53(47)60(54(50)36-61(55)65)51-25-10-6-21-45(51)46-22-7-11-26-52(46)60/h1-37H. The molecule has 5 heteroatoms. The lowest BCUT2D eigenvalue weighted by atomic mass is 9.47. The summed E-state index contributed by atoms with van der Waals surface area (Å²) in [6.07, 6.45) is 2.43. The summed E-state index contributed by atoms with van der Waals surface area (Å²) in [7, 11) is 0. The van der Waals surface area contributed by atoms with Gasteiger partial charge in [-0.3, -0.25) is 0 Å². The van der Waals surface area contributed by atoms with Gasteiger partial charge in [0.15, 0.2) is 17.5 Å². The van der Waals surface area contributed by atoms with Gasteiger partial charge < -0.3 is 4.81 Å². The lowest BCUT2D eigenvalue weighted by molar-refractivity contribution is 0.795. The molecule has 0 unspecified atom stereocenters. The minimum absolute atomic E-state index is 0.0402. The quantitative estimate of drug-likeness (QED) is 0.166. The molecule has 0 radical (unpaired) electrons. The van der Waals surface area contributed by atoms with Crippen LogP contribution >= 0.6 is 0 Å². The van der Waals surface area contributed by atoms with E-state index in [0.717, 1.165) is 33.2 Å². The van der Waals surface area contributed by atoms with E-state index in [1.165, 1.54) is 72.2 Å². The van der Waals surface area contributed by atoms with Crippen LogP contribution in [-0.2, 0) is 5.41 Å². The summed E-state index contributed by atoms with van der Waals surface area (Å²) in [5.41, 5.74) is 20.1. The van der Waals surface area contributed by atoms with E-state index in [9.17, 15) is 0 Å². The van der Waals surface area contributed by atoms with Crippen molar-refractivity contribution in [2.45, 2.75) is 5.41 Å². The summed E-state index contributed by atoms with van der Waals surface area (Å²) in [6.45, 7) is -0.0402. The van der Waals surface area contributed by atoms with Crippen LogP contribution in [0.15, 0.2) is 230 Å². The van der Waals surface area contributed by atoms with Crippen LogP contribution in [0, 0.1) is 0 Å². The Hall–Kier alpha value is -8.41. The van der Waals surface area contributed by atoms with Crippen molar-refractivity contribution in [3.63, 3.8) is 0 Å². The molecule has 9 aromatic carbocycles. The Morgan fingerprint density at radius 3 is 1.65 bits per heavy atom. The first-order chi connectivity index (χ1) is 32.2. The van der Waals surface area contributed by atoms with Gasteiger partial charge in [-0.15, -0.1) is 0 Å². The van der Waals surface area contributed by atoms with Crippen molar-refractivity contribution in [3.05, 3.63) is 252 Å². The van der Waals surface area contributed by atoms with Gasteiger partial charge in [-0.05, 0) is 96.1 Å². The molecule has 0 saturated heterocycles. The average Bonchev–Trinajstić information content (AvgIpc) is 3.85. The Bertz CT molecular complexity index is 3650. The van der Waals surface area contributed by atoms with Crippen LogP contribution in [0.25, 0.3) is 83.9 Å². The van der Waals surface area contributed by atoms with E-state index >= 15 is 0 Å². The first-order valence-electron chi connectivity index (χ1n) is 22.4. The van der Waals surface area contributed by atoms with Crippen molar-refractivity contribution >= 4 is 34.3 Å². The molecule has 0 amide bonds. The van der Waals surface area contributed by atoms with Crippen molar-refractivity contribution in [3.8, 4) is 67.5 Å². The van der Waals surface area contributed by atoms with Crippen LogP contribution in [0.2, 0.25) is 0 Å². The third-order valence-corrected chi connectivity index (χ3v) is 14.1. The van der Waals surface area contributed by atoms with Crippen molar-refractivity contribution in [1.29, 1.82) is 0 Å². The predicted molar refractivity (Wildman–Crippen MR) is 267 cm³/mol. The molecular weight excluding hydrogens is 787 g/mol. The number of hydrogen-bond donors (Lipinski definition) is 0. The lowest BCUT2D eigenvalue weighted by Gasteiger charge is -2.40. The van der Waals surface area contributed by atoms with Crippen LogP contribution in [0.4, 0.5) is 5.69 Å². The molecule has 4 nitrogen and oxygen atoms in total. The molecule has 300 valence electrons. The van der Waals surface area contributed by atoms with E-state index in [0.29, 0.717) is 17.5 Å². The Balaban J connectivity index is 0.957. The summed E-state index contributed by atoms with van der Waals surface area (Å²) in [5, 5.41) is 2.32. The van der Waals surface area contributed by atoms with E-state index in [1.54, 1.807) is 0 Å². The topological polar surface area (TPSA) is 41.9 Å². The number of allylic oxidation sites excluding steroid dienone is 2. The first-order valence-corrected chi connectivity index (χ1v) is 22.4. The van der Waals surface area contributed by atoms with Gasteiger partial charge in [-0.25, -0.2) is 15.0 Å². The maximum atomic E-state index is 5.29. The zero-order chi connectivity index (χ0) is 42.6. The third-order valence-electron chi connectivity index (χ3n) is 14.1. The SMILES string of the molecule is C1=C2C(=CB3c4ccc(-c5nc(-c6cccc(-c7ccccc7)c6)nc(-c6ccc7ccccc7c6)n5)cc4-c4ccccc4N13)C1(c3ccccc32)c2ccccc2-c2ccccc21. The van der Waals surface area contributed by atoms with Gasteiger partial charge >= 0.3 is 6.85 Å². The average molecular weight is 825 g/mol. The maximum Gasteiger partial charge on any atom is 0.321 e. The second kappa shape index (κ2) is 13.8. The molecule has 0 fully saturated rings. The monoisotopic (exact) mass is 824 g/mol. The Morgan fingerprint density at radius 1 is 0.369 bits per heavy atom. The fourth-order valence-electron chi connectivity index (χ4n) is 11.3. The Morgan fingerprint density at radius 2 is 0.908 bits per heavy atom. The second-order valence-electron chi connectivity index (χ2n) is 17.5. The predicted octanol–water partition coefficient (Wildman–Crippen LogP) is 13.2. The van der Waals surface area contributed by atoms with E-state index in [2.05, 4.69) is 223 Å². The molecule has 0 N–H and O–H groups in total. The molecule has 2 aliphatic heterocycles. The van der Waals surface area contributed by atoms with Gasteiger partial charge in [0.05, 0.1) is 5.41 Å². The highest BCUT2D eigenvalue weighted by molar-refractivity contribution is 6.84. The van der Waals surface area contributed by atoms with Gasteiger partial charge in [-0.2, -0.15) is 0 Å². The normalized spacial score (nSPS) is 14.4. The van der Waals surface area contributed by atoms with Crippen LogP contribution in [0.3, 0.4) is 0 Å². The largest absolute Gasteiger partial charge is 0.382 e. The second-order valence-corrected chi connectivity index (χ2v) is 17.5. The fraction of sp³-hybridized carbons (Fsp3) is 0.0167. The van der Waals surface area contributed by atoms with E-state index in [-0.39, 0.29) is 6.85 Å². The number of hydrogen-bond acceptors (Lipinski definition) is 4. The van der Waals surface area contributed by atoms with Gasteiger partial charge in [0, 0.05) is 39.7 Å². The molecule has 65 heavy (non-hydrogen) atoms. The number of anilines is 1. The summed E-state index contributed by atoms with van der Waals surface area (Å²) >= 11 is 0. The number of para-hydroxylation sites is 1. The van der Waals surface area contributed by atoms with Crippen LogP contribution < -0.4 is 10.3 Å². The van der Waals surface area contributed by atoms with E-state index < -0.39 is 5.41 Å². The molecule has 10 aromatic rings. The molecule has 0 atom stereocenters. The highest BCUT2D eigenvalue weighted by Crippen LogP contribution is 2.64. The number of aromatic nitrogens is 3. The zero-order valence-electron chi connectivity index (χ0n) is 35.2. The molecule has 4 aliphatic rings. The van der Waals surface area contributed by atoms with Gasteiger partial charge in [0.25, 0.3) is 0 Å². The summed E-state index contributed by atoms with van der Waals surface area (Å²) < 4.78 is 0. The van der Waals surface area contributed by atoms with Gasteiger partial charge in [0.2, 0.25) is 0 Å². The summed E-state index contributed by atoms with van der Waals surface area (Å²) in [5.74, 6) is 4.49. The zero-order valence-corrected chi connectivity index (χ0v) is 35.2. The number of fused-ring (bicyclic) bond motifs is 17. The molecule has 3 heterocycles. The molecule has 1 spiro atoms. The first kappa shape index (κ1) is 36.1. The molecule has 0 bridgehead atoms. The fourth-order valence-corrected chi connectivity index (χ4v) is 11.3. The molecule has 2 aliphatic carbocycles. The summed E-state index contributed by atoms with van der Waals surface area (Å²) in [4.78, 5) is 18.2. The molecule has 14 rings (SSSR count). The summed E-state index contributed by atoms with van der Waals surface area (Å²) in [6, 6.07) is 76.7. The van der Waals surface area contributed by atoms with Crippen molar-refractivity contribution in [2.24, 2.45) is 0 Å². The highest BCUT2D eigenvalue weighted by Gasteiger charge is 2.55. The van der Waals surface area contributed by atoms with Crippen molar-refractivity contribution in [1.82, 2.24) is 15.0 Å². The molecule has 0 saturated carbocycles. The van der Waals surface area contributed by atoms with E-state index in [4.69, 9.17) is 15.0 Å². The molecule has 1 aromatic heterocycles. The number of benzene rings is 9. The maximum absolute atomic E-state index is 5.29. The smallest absolute Gasteiger partial charge is 0.321 e. The Kier molecular flexibility index (Phi) is 7.67. The number of rotatable bonds is 4. The van der Waals surface area contributed by atoms with Crippen LogP contribution in [0.5, 0.6) is 0 Å². The van der Waals surface area contributed by atoms with Crippen LogP contribution in [-0.4, -0.2) is 21.8 Å². The number of nitrogens with zero attached hydrogens (tertiary/aromatic N) is 4. The Labute approximate surface area is 377 Å².